The normalized spacial score (nSPS) is 12.9. The van der Waals surface area contributed by atoms with Crippen molar-refractivity contribution in [3.8, 4) is 11.5 Å². The number of aryl methyl sites for hydroxylation is 1. The molecule has 2 atom stereocenters. The number of phenols is 1. The Morgan fingerprint density at radius 3 is 2.63 bits per heavy atom. The maximum atomic E-state index is 10.9. The molecule has 35 heavy (non-hydrogen) atoms. The van der Waals surface area contributed by atoms with E-state index in [2.05, 4.69) is 34.8 Å². The predicted molar refractivity (Wildman–Crippen MR) is 144 cm³/mol. The number of nitrogens with zero attached hydrogens (tertiary/aromatic N) is 2. The predicted octanol–water partition coefficient (Wildman–Crippen LogP) is 5.54. The van der Waals surface area contributed by atoms with E-state index in [1.807, 2.05) is 60.9 Å². The van der Waals surface area contributed by atoms with E-state index in [0.717, 1.165) is 40.6 Å². The SMILES string of the molecule is COc1ccc(CNc2cc(C(O)C[AsH]C(C)(C)CCn3cnc4ccccc43)ccc2O)cc1. The van der Waals surface area contributed by atoms with Gasteiger partial charge in [0, 0.05) is 0 Å². The molecule has 4 rings (SSSR count). The van der Waals surface area contributed by atoms with Gasteiger partial charge in [-0.05, 0) is 0 Å². The molecule has 0 saturated carbocycles. The van der Waals surface area contributed by atoms with Crippen molar-refractivity contribution in [1.82, 2.24) is 9.55 Å². The van der Waals surface area contributed by atoms with Crippen LogP contribution in [0.3, 0.4) is 0 Å². The number of fused-ring (bicyclic) bond motifs is 1. The molecule has 0 aliphatic rings. The van der Waals surface area contributed by atoms with Gasteiger partial charge in [0.05, 0.1) is 7.11 Å². The molecule has 0 fully saturated rings. The minimum absolute atomic E-state index is 0.179. The van der Waals surface area contributed by atoms with Gasteiger partial charge in [0.2, 0.25) is 0 Å². The van der Waals surface area contributed by atoms with Crippen molar-refractivity contribution in [2.45, 2.75) is 48.9 Å². The van der Waals surface area contributed by atoms with Crippen molar-refractivity contribution in [2.24, 2.45) is 0 Å². The van der Waals surface area contributed by atoms with E-state index < -0.39 is 21.9 Å². The average Bonchev–Trinajstić information content (AvgIpc) is 3.29. The first kappa shape index (κ1) is 25.2. The minimum atomic E-state index is -0.537. The number of hydrogen-bond donors (Lipinski definition) is 3. The van der Waals surface area contributed by atoms with Gasteiger partial charge >= 0.3 is 207 Å². The molecule has 2 unspecified atom stereocenters. The number of aromatic hydroxyl groups is 1. The van der Waals surface area contributed by atoms with Gasteiger partial charge in [-0.1, -0.05) is 0 Å². The van der Waals surface area contributed by atoms with Crippen LogP contribution in [0.5, 0.6) is 11.5 Å². The Balaban J connectivity index is 1.32. The molecular weight excluding hydrogens is 501 g/mol. The van der Waals surface area contributed by atoms with Gasteiger partial charge in [0.1, 0.15) is 0 Å². The Bertz CT molecular complexity index is 1250. The number of rotatable bonds is 11. The van der Waals surface area contributed by atoms with E-state index in [0.29, 0.717) is 12.2 Å². The summed E-state index contributed by atoms with van der Waals surface area (Å²) in [5.41, 5.74) is 4.74. The number of benzene rings is 3. The summed E-state index contributed by atoms with van der Waals surface area (Å²) in [6.45, 7) is 6.10. The van der Waals surface area contributed by atoms with Crippen LogP contribution in [0.1, 0.15) is 37.5 Å². The van der Waals surface area contributed by atoms with Gasteiger partial charge < -0.3 is 0 Å². The van der Waals surface area contributed by atoms with Crippen LogP contribution in [-0.2, 0) is 13.1 Å². The van der Waals surface area contributed by atoms with E-state index in [9.17, 15) is 10.2 Å². The van der Waals surface area contributed by atoms with Gasteiger partial charge in [0.15, 0.2) is 0 Å². The van der Waals surface area contributed by atoms with E-state index in [4.69, 9.17) is 4.74 Å². The molecule has 0 spiro atoms. The Kier molecular flexibility index (Phi) is 8.04. The first-order valence-electron chi connectivity index (χ1n) is 11.9. The maximum absolute atomic E-state index is 10.9. The summed E-state index contributed by atoms with van der Waals surface area (Å²) in [5.74, 6) is 0.991. The molecule has 0 aliphatic heterocycles. The number of hydrogen-bond acceptors (Lipinski definition) is 5. The fourth-order valence-electron chi connectivity index (χ4n) is 4.01. The molecule has 0 saturated heterocycles. The van der Waals surface area contributed by atoms with Crippen molar-refractivity contribution >= 4 is 32.5 Å². The molecule has 0 amide bonds. The molecule has 7 heteroatoms. The second-order valence-electron chi connectivity index (χ2n) is 9.44. The Hall–Kier alpha value is -2.95. The molecule has 0 bridgehead atoms. The molecule has 3 N–H and O–H groups in total. The molecular formula is C28H34AsN3O3. The van der Waals surface area contributed by atoms with Crippen molar-refractivity contribution in [2.75, 3.05) is 12.4 Å². The Morgan fingerprint density at radius 2 is 1.86 bits per heavy atom. The summed E-state index contributed by atoms with van der Waals surface area (Å²) in [6.07, 6.45) is 2.43. The fraction of sp³-hybridized carbons (Fsp3) is 0.321. The van der Waals surface area contributed by atoms with Crippen molar-refractivity contribution in [3.05, 3.63) is 84.2 Å². The molecule has 1 aromatic heterocycles. The number of nitrogens with one attached hydrogen (secondary N) is 1. The second kappa shape index (κ2) is 11.2. The van der Waals surface area contributed by atoms with Gasteiger partial charge in [-0.25, -0.2) is 0 Å². The number of para-hydroxylation sites is 2. The zero-order chi connectivity index (χ0) is 24.8. The van der Waals surface area contributed by atoms with E-state index in [1.165, 1.54) is 5.52 Å². The van der Waals surface area contributed by atoms with Crippen molar-refractivity contribution in [3.63, 3.8) is 0 Å². The number of methoxy groups -OCH3 is 1. The van der Waals surface area contributed by atoms with Crippen LogP contribution in [0.4, 0.5) is 5.69 Å². The van der Waals surface area contributed by atoms with E-state index in [-0.39, 0.29) is 9.95 Å². The summed E-state index contributed by atoms with van der Waals surface area (Å²) >= 11 is -0.418. The van der Waals surface area contributed by atoms with Crippen molar-refractivity contribution in [1.29, 1.82) is 0 Å². The van der Waals surface area contributed by atoms with Crippen LogP contribution >= 0.6 is 0 Å². The zero-order valence-electron chi connectivity index (χ0n) is 20.5. The third kappa shape index (κ3) is 6.59. The summed E-state index contributed by atoms with van der Waals surface area (Å²) in [6, 6.07) is 21.4. The van der Waals surface area contributed by atoms with Gasteiger partial charge in [0.25, 0.3) is 0 Å². The summed E-state index contributed by atoms with van der Waals surface area (Å²) in [5, 5.41) is 25.3. The third-order valence-corrected chi connectivity index (χ3v) is 10.1. The first-order valence-corrected chi connectivity index (χ1v) is 14.4. The summed E-state index contributed by atoms with van der Waals surface area (Å²) in [4.78, 5) is 4.49. The number of ether oxygens (including phenoxy) is 1. The average molecular weight is 536 g/mol. The third-order valence-electron chi connectivity index (χ3n) is 6.33. The molecule has 1 heterocycles. The molecule has 6 nitrogen and oxygen atoms in total. The molecule has 184 valence electrons. The molecule has 0 aliphatic carbocycles. The number of imidazole rings is 1. The van der Waals surface area contributed by atoms with Crippen LogP contribution < -0.4 is 10.1 Å². The van der Waals surface area contributed by atoms with Crippen LogP contribution in [-0.4, -0.2) is 42.6 Å². The van der Waals surface area contributed by atoms with Gasteiger partial charge in [-0.2, -0.15) is 0 Å². The number of aliphatic hydroxyl groups is 1. The fourth-order valence-corrected chi connectivity index (χ4v) is 6.68. The molecule has 4 aromatic rings. The topological polar surface area (TPSA) is 79.5 Å². The standard InChI is InChI=1S/C28H34AsN3O3/c1-28(2,14-15-32-19-31-23-6-4-5-7-25(23)32)29-17-27(34)21-10-13-26(33)24(16-21)30-18-20-8-11-22(35-3)12-9-20/h4-13,16,19,27,29-30,33-34H,14-15,17-18H2,1-3H3. The van der Waals surface area contributed by atoms with Crippen molar-refractivity contribution < 1.29 is 14.9 Å². The molecule has 3 aromatic carbocycles. The summed E-state index contributed by atoms with van der Waals surface area (Å²) < 4.78 is 7.62. The van der Waals surface area contributed by atoms with Crippen LogP contribution in [0.2, 0.25) is 9.41 Å². The second-order valence-corrected chi connectivity index (χ2v) is 13.9. The number of aromatic nitrogens is 2. The van der Waals surface area contributed by atoms with E-state index >= 15 is 0 Å². The Morgan fingerprint density at radius 1 is 1.09 bits per heavy atom. The number of aliphatic hydroxyl groups excluding tert-OH is 1. The van der Waals surface area contributed by atoms with Crippen LogP contribution in [0.25, 0.3) is 11.0 Å². The van der Waals surface area contributed by atoms with Crippen LogP contribution in [0, 0.1) is 0 Å². The van der Waals surface area contributed by atoms with Crippen LogP contribution in [0.15, 0.2) is 73.1 Å². The Labute approximate surface area is 213 Å². The monoisotopic (exact) mass is 535 g/mol. The van der Waals surface area contributed by atoms with Gasteiger partial charge in [-0.3, -0.25) is 0 Å². The van der Waals surface area contributed by atoms with Gasteiger partial charge in [-0.15, -0.1) is 0 Å². The quantitative estimate of drug-likeness (QED) is 0.174. The first-order chi connectivity index (χ1) is 16.8. The number of anilines is 1. The van der Waals surface area contributed by atoms with E-state index in [1.54, 1.807) is 13.2 Å². The zero-order valence-corrected chi connectivity index (χ0v) is 22.6. The molecule has 0 radical (unpaired) electrons. The number of phenolic OH excluding ortho intramolecular Hbond substituents is 1. The summed E-state index contributed by atoms with van der Waals surface area (Å²) in [7, 11) is 1.65.